The van der Waals surface area contributed by atoms with E-state index in [2.05, 4.69) is 5.32 Å². The van der Waals surface area contributed by atoms with Crippen LogP contribution in [-0.2, 0) is 16.1 Å². The minimum absolute atomic E-state index is 0.103. The van der Waals surface area contributed by atoms with E-state index in [9.17, 15) is 14.9 Å². The first-order valence-corrected chi connectivity index (χ1v) is 11.1. The molecule has 1 N–H and O–H groups in total. The molecule has 0 aliphatic heterocycles. The average molecular weight is 491 g/mol. The Morgan fingerprint density at radius 2 is 1.92 bits per heavy atom. The fourth-order valence-electron chi connectivity index (χ4n) is 3.08. The SMILES string of the molecule is CCOc1cc(/C=C(\C#N)C(=O)NCc2ccco2)ccc1OC(=O)C(C)Oc1cccc(OC)c1. The summed E-state index contributed by atoms with van der Waals surface area (Å²) in [6.45, 7) is 3.81. The number of rotatable bonds is 11. The van der Waals surface area contributed by atoms with Gasteiger partial charge in [-0.25, -0.2) is 4.79 Å². The topological polar surface area (TPSA) is 120 Å². The maximum absolute atomic E-state index is 12.6. The molecule has 1 unspecified atom stereocenters. The zero-order valence-corrected chi connectivity index (χ0v) is 20.1. The minimum Gasteiger partial charge on any atom is -0.497 e. The summed E-state index contributed by atoms with van der Waals surface area (Å²) >= 11 is 0. The number of furan rings is 1. The second kappa shape index (κ2) is 12.7. The number of hydrogen-bond donors (Lipinski definition) is 1. The maximum atomic E-state index is 12.6. The lowest BCUT2D eigenvalue weighted by molar-refractivity contribution is -0.141. The summed E-state index contributed by atoms with van der Waals surface area (Å²) in [4.78, 5) is 25.0. The Morgan fingerprint density at radius 3 is 2.61 bits per heavy atom. The van der Waals surface area contributed by atoms with Crippen molar-refractivity contribution in [2.24, 2.45) is 0 Å². The van der Waals surface area contributed by atoms with Gasteiger partial charge in [0.2, 0.25) is 0 Å². The first-order valence-electron chi connectivity index (χ1n) is 11.1. The third kappa shape index (κ3) is 7.14. The van der Waals surface area contributed by atoms with Crippen LogP contribution < -0.4 is 24.3 Å². The Kier molecular flexibility index (Phi) is 9.12. The predicted molar refractivity (Wildman–Crippen MR) is 130 cm³/mol. The second-order valence-electron chi connectivity index (χ2n) is 7.43. The molecule has 0 radical (unpaired) electrons. The lowest BCUT2D eigenvalue weighted by Gasteiger charge is -2.16. The number of benzene rings is 2. The van der Waals surface area contributed by atoms with E-state index < -0.39 is 18.0 Å². The van der Waals surface area contributed by atoms with Gasteiger partial charge in [-0.1, -0.05) is 12.1 Å². The van der Waals surface area contributed by atoms with Crippen LogP contribution in [0.3, 0.4) is 0 Å². The zero-order valence-electron chi connectivity index (χ0n) is 20.1. The fraction of sp³-hybridized carbons (Fsp3) is 0.222. The number of esters is 1. The number of carbonyl (C=O) groups is 2. The molecule has 1 amide bonds. The van der Waals surface area contributed by atoms with Gasteiger partial charge in [0.05, 0.1) is 26.5 Å². The molecule has 0 saturated heterocycles. The van der Waals surface area contributed by atoms with Crippen LogP contribution in [0, 0.1) is 11.3 Å². The Hall–Kier alpha value is -4.71. The Morgan fingerprint density at radius 1 is 1.11 bits per heavy atom. The summed E-state index contributed by atoms with van der Waals surface area (Å²) in [6, 6.07) is 16.9. The zero-order chi connectivity index (χ0) is 25.9. The minimum atomic E-state index is -0.908. The van der Waals surface area contributed by atoms with Crippen LogP contribution in [-0.4, -0.2) is 31.7 Å². The number of nitrogens with zero attached hydrogens (tertiary/aromatic N) is 1. The summed E-state index contributed by atoms with van der Waals surface area (Å²) in [5.74, 6) is 0.903. The van der Waals surface area contributed by atoms with Crippen molar-refractivity contribution in [3.63, 3.8) is 0 Å². The summed E-state index contributed by atoms with van der Waals surface area (Å²) < 4.78 is 27.1. The van der Waals surface area contributed by atoms with E-state index in [4.69, 9.17) is 23.4 Å². The molecule has 1 atom stereocenters. The van der Waals surface area contributed by atoms with E-state index in [-0.39, 0.29) is 23.6 Å². The molecule has 0 aliphatic rings. The van der Waals surface area contributed by atoms with Crippen molar-refractivity contribution in [2.45, 2.75) is 26.5 Å². The molecule has 186 valence electrons. The normalized spacial score (nSPS) is 11.7. The van der Waals surface area contributed by atoms with Crippen LogP contribution >= 0.6 is 0 Å². The van der Waals surface area contributed by atoms with Crippen molar-refractivity contribution in [3.05, 3.63) is 77.8 Å². The van der Waals surface area contributed by atoms with Gasteiger partial charge in [0.1, 0.15) is 28.9 Å². The molecular formula is C27H26N2O7. The van der Waals surface area contributed by atoms with Crippen LogP contribution in [0.5, 0.6) is 23.0 Å². The molecule has 36 heavy (non-hydrogen) atoms. The molecule has 1 aromatic heterocycles. The van der Waals surface area contributed by atoms with Gasteiger partial charge in [-0.2, -0.15) is 5.26 Å². The third-order valence-corrected chi connectivity index (χ3v) is 4.84. The molecule has 9 nitrogen and oxygen atoms in total. The number of ether oxygens (including phenoxy) is 4. The van der Waals surface area contributed by atoms with Crippen LogP contribution in [0.1, 0.15) is 25.2 Å². The first kappa shape index (κ1) is 25.9. The predicted octanol–water partition coefficient (Wildman–Crippen LogP) is 4.28. The van der Waals surface area contributed by atoms with Crippen LogP contribution in [0.2, 0.25) is 0 Å². The highest BCUT2D eigenvalue weighted by molar-refractivity contribution is 6.01. The lowest BCUT2D eigenvalue weighted by Crippen LogP contribution is -2.28. The van der Waals surface area contributed by atoms with Crippen molar-refractivity contribution < 1.29 is 33.0 Å². The second-order valence-corrected chi connectivity index (χ2v) is 7.43. The Balaban J connectivity index is 1.71. The summed E-state index contributed by atoms with van der Waals surface area (Å²) in [7, 11) is 1.54. The van der Waals surface area contributed by atoms with Gasteiger partial charge in [-0.3, -0.25) is 4.79 Å². The van der Waals surface area contributed by atoms with Gasteiger partial charge in [-0.05, 0) is 61.9 Å². The largest absolute Gasteiger partial charge is 0.497 e. The van der Waals surface area contributed by atoms with Crippen molar-refractivity contribution in [3.8, 4) is 29.1 Å². The smallest absolute Gasteiger partial charge is 0.352 e. The highest BCUT2D eigenvalue weighted by atomic mass is 16.6. The monoisotopic (exact) mass is 490 g/mol. The molecule has 0 spiro atoms. The number of nitrogens with one attached hydrogen (secondary N) is 1. The van der Waals surface area contributed by atoms with E-state index in [1.165, 1.54) is 25.5 Å². The van der Waals surface area contributed by atoms with Crippen molar-refractivity contribution in [2.75, 3.05) is 13.7 Å². The van der Waals surface area contributed by atoms with Gasteiger partial charge in [0.15, 0.2) is 17.6 Å². The van der Waals surface area contributed by atoms with E-state index in [1.54, 1.807) is 62.4 Å². The van der Waals surface area contributed by atoms with Gasteiger partial charge in [0, 0.05) is 6.07 Å². The van der Waals surface area contributed by atoms with Crippen LogP contribution in [0.15, 0.2) is 70.9 Å². The molecule has 0 aliphatic carbocycles. The molecule has 0 bridgehead atoms. The molecule has 0 saturated carbocycles. The number of nitriles is 1. The Bertz CT molecular complexity index is 1260. The van der Waals surface area contributed by atoms with E-state index in [1.807, 2.05) is 6.07 Å². The van der Waals surface area contributed by atoms with E-state index >= 15 is 0 Å². The molecule has 1 heterocycles. The van der Waals surface area contributed by atoms with E-state index in [0.29, 0.717) is 29.4 Å². The lowest BCUT2D eigenvalue weighted by atomic mass is 10.1. The molecule has 3 aromatic rings. The van der Waals surface area contributed by atoms with Gasteiger partial charge >= 0.3 is 5.97 Å². The average Bonchev–Trinajstić information content (AvgIpc) is 3.41. The molecular weight excluding hydrogens is 464 g/mol. The van der Waals surface area contributed by atoms with Gasteiger partial charge in [0.25, 0.3) is 5.91 Å². The summed E-state index contributed by atoms with van der Waals surface area (Å²) in [5.41, 5.74) is 0.415. The fourth-order valence-corrected chi connectivity index (χ4v) is 3.08. The summed E-state index contributed by atoms with van der Waals surface area (Å²) in [6.07, 6.45) is 2.01. The van der Waals surface area contributed by atoms with Crippen LogP contribution in [0.25, 0.3) is 6.08 Å². The molecule has 2 aromatic carbocycles. The first-order chi connectivity index (χ1) is 17.4. The maximum Gasteiger partial charge on any atom is 0.352 e. The standard InChI is InChI=1S/C27H26N2O7/c1-4-33-25-14-19(13-20(16-28)26(30)29-17-23-9-6-12-34-23)10-11-24(25)36-27(31)18(2)35-22-8-5-7-21(15-22)32-3/h5-15,18H,4,17H2,1-3H3,(H,29,30)/b20-13+. The number of amides is 1. The highest BCUT2D eigenvalue weighted by Gasteiger charge is 2.20. The van der Waals surface area contributed by atoms with E-state index in [0.717, 1.165) is 0 Å². The molecule has 3 rings (SSSR count). The third-order valence-electron chi connectivity index (χ3n) is 4.84. The summed E-state index contributed by atoms with van der Waals surface area (Å²) in [5, 5.41) is 12.1. The van der Waals surface area contributed by atoms with Gasteiger partial charge < -0.3 is 28.7 Å². The Labute approximate surface area is 208 Å². The van der Waals surface area contributed by atoms with Crippen LogP contribution in [0.4, 0.5) is 0 Å². The van der Waals surface area contributed by atoms with Gasteiger partial charge in [-0.15, -0.1) is 0 Å². The number of carbonyl (C=O) groups excluding carboxylic acids is 2. The number of methoxy groups -OCH3 is 1. The molecule has 0 fully saturated rings. The quantitative estimate of drug-likeness (QED) is 0.183. The van der Waals surface area contributed by atoms with Crippen molar-refractivity contribution in [1.29, 1.82) is 5.26 Å². The van der Waals surface area contributed by atoms with Crippen molar-refractivity contribution in [1.82, 2.24) is 5.32 Å². The van der Waals surface area contributed by atoms with Crippen molar-refractivity contribution >= 4 is 18.0 Å². The number of hydrogen-bond acceptors (Lipinski definition) is 8. The highest BCUT2D eigenvalue weighted by Crippen LogP contribution is 2.30. The molecule has 9 heteroatoms.